The van der Waals surface area contributed by atoms with E-state index in [0.29, 0.717) is 16.9 Å². The molecule has 0 aromatic heterocycles. The highest BCUT2D eigenvalue weighted by Crippen LogP contribution is 2.28. The van der Waals surface area contributed by atoms with E-state index in [1.165, 1.54) is 12.1 Å². The largest absolute Gasteiger partial charge is 0.380 e. The number of anilines is 1. The van der Waals surface area contributed by atoms with Crippen LogP contribution in [-0.4, -0.2) is 17.5 Å². The van der Waals surface area contributed by atoms with Crippen LogP contribution < -0.4 is 11.1 Å². The Labute approximate surface area is 109 Å². The zero-order chi connectivity index (χ0) is 13.0. The quantitative estimate of drug-likeness (QED) is 0.647. The maximum absolute atomic E-state index is 10.6. The lowest BCUT2D eigenvalue weighted by Gasteiger charge is -2.22. The molecule has 94 valence electrons. The summed E-state index contributed by atoms with van der Waals surface area (Å²) < 4.78 is 0.672. The van der Waals surface area contributed by atoms with E-state index in [9.17, 15) is 10.1 Å². The molecule has 6 heteroatoms. The SMILES string of the molecule is CC(C)C(CN)Nc1ccc([N+](=O)[O-])cc1Br. The molecule has 0 bridgehead atoms. The standard InChI is InChI=1S/C11H16BrN3O2/c1-7(2)11(6-13)14-10-4-3-8(15(16)17)5-9(10)12/h3-5,7,11,14H,6,13H2,1-2H3. The summed E-state index contributed by atoms with van der Waals surface area (Å²) >= 11 is 3.31. The fourth-order valence-electron chi connectivity index (χ4n) is 1.43. The van der Waals surface area contributed by atoms with Gasteiger partial charge in [-0.3, -0.25) is 10.1 Å². The third-order valence-electron chi connectivity index (χ3n) is 2.56. The Hall–Kier alpha value is -1.14. The maximum Gasteiger partial charge on any atom is 0.270 e. The second kappa shape index (κ2) is 5.97. The molecular formula is C11H16BrN3O2. The predicted molar refractivity (Wildman–Crippen MR) is 72.1 cm³/mol. The van der Waals surface area contributed by atoms with Gasteiger partial charge in [-0.05, 0) is 27.9 Å². The van der Waals surface area contributed by atoms with Gasteiger partial charge in [-0.2, -0.15) is 0 Å². The van der Waals surface area contributed by atoms with E-state index in [0.717, 1.165) is 5.69 Å². The van der Waals surface area contributed by atoms with E-state index in [-0.39, 0.29) is 11.7 Å². The van der Waals surface area contributed by atoms with Crippen LogP contribution in [0, 0.1) is 16.0 Å². The minimum Gasteiger partial charge on any atom is -0.380 e. The van der Waals surface area contributed by atoms with Gasteiger partial charge in [-0.15, -0.1) is 0 Å². The molecule has 1 aromatic rings. The van der Waals surface area contributed by atoms with Crippen LogP contribution in [0.4, 0.5) is 11.4 Å². The van der Waals surface area contributed by atoms with Gasteiger partial charge in [0.15, 0.2) is 0 Å². The van der Waals surface area contributed by atoms with Gasteiger partial charge < -0.3 is 11.1 Å². The van der Waals surface area contributed by atoms with Gasteiger partial charge in [0.2, 0.25) is 0 Å². The van der Waals surface area contributed by atoms with Gasteiger partial charge in [0.25, 0.3) is 5.69 Å². The van der Waals surface area contributed by atoms with Crippen molar-refractivity contribution in [2.45, 2.75) is 19.9 Å². The summed E-state index contributed by atoms with van der Waals surface area (Å²) in [7, 11) is 0. The summed E-state index contributed by atoms with van der Waals surface area (Å²) in [5, 5.41) is 13.9. The number of nitrogens with one attached hydrogen (secondary N) is 1. The summed E-state index contributed by atoms with van der Waals surface area (Å²) in [6.45, 7) is 4.66. The second-order valence-electron chi connectivity index (χ2n) is 4.15. The molecule has 0 radical (unpaired) electrons. The molecule has 0 saturated carbocycles. The van der Waals surface area contributed by atoms with E-state index in [2.05, 4.69) is 35.1 Å². The number of benzene rings is 1. The molecular weight excluding hydrogens is 286 g/mol. The molecule has 17 heavy (non-hydrogen) atoms. The van der Waals surface area contributed by atoms with Gasteiger partial charge >= 0.3 is 0 Å². The topological polar surface area (TPSA) is 81.2 Å². The summed E-state index contributed by atoms with van der Waals surface area (Å²) in [5.41, 5.74) is 6.55. The Bertz CT molecular complexity index is 410. The number of nitrogens with zero attached hydrogens (tertiary/aromatic N) is 1. The number of halogens is 1. The Kier molecular flexibility index (Phi) is 4.89. The fraction of sp³-hybridized carbons (Fsp3) is 0.455. The number of non-ortho nitro benzene ring substituents is 1. The predicted octanol–water partition coefficient (Wildman–Crippen LogP) is 2.75. The monoisotopic (exact) mass is 301 g/mol. The summed E-state index contributed by atoms with van der Waals surface area (Å²) in [6, 6.07) is 4.79. The molecule has 0 heterocycles. The van der Waals surface area contributed by atoms with Crippen molar-refractivity contribution in [3.05, 3.63) is 32.8 Å². The van der Waals surface area contributed by atoms with Crippen molar-refractivity contribution >= 4 is 27.3 Å². The van der Waals surface area contributed by atoms with Gasteiger partial charge in [0.1, 0.15) is 0 Å². The lowest BCUT2D eigenvalue weighted by atomic mass is 10.0. The van der Waals surface area contributed by atoms with Crippen LogP contribution >= 0.6 is 15.9 Å². The van der Waals surface area contributed by atoms with E-state index in [4.69, 9.17) is 5.73 Å². The van der Waals surface area contributed by atoms with Crippen molar-refractivity contribution in [2.24, 2.45) is 11.7 Å². The minimum atomic E-state index is -0.419. The lowest BCUT2D eigenvalue weighted by Crippen LogP contribution is -2.33. The van der Waals surface area contributed by atoms with E-state index < -0.39 is 4.92 Å². The number of nitro benzene ring substituents is 1. The Morgan fingerprint density at radius 1 is 1.53 bits per heavy atom. The first-order valence-electron chi connectivity index (χ1n) is 5.36. The number of hydrogen-bond acceptors (Lipinski definition) is 4. The zero-order valence-corrected chi connectivity index (χ0v) is 11.4. The number of nitrogens with two attached hydrogens (primary N) is 1. The van der Waals surface area contributed by atoms with Crippen LogP contribution in [0.5, 0.6) is 0 Å². The number of hydrogen-bond donors (Lipinski definition) is 2. The van der Waals surface area contributed by atoms with Crippen molar-refractivity contribution in [3.63, 3.8) is 0 Å². The molecule has 0 saturated heterocycles. The fourth-order valence-corrected chi connectivity index (χ4v) is 1.91. The van der Waals surface area contributed by atoms with Gasteiger partial charge in [0.05, 0.1) is 4.92 Å². The van der Waals surface area contributed by atoms with E-state index >= 15 is 0 Å². The van der Waals surface area contributed by atoms with Gasteiger partial charge in [0, 0.05) is 34.9 Å². The van der Waals surface area contributed by atoms with Crippen molar-refractivity contribution in [1.29, 1.82) is 0 Å². The molecule has 0 aliphatic heterocycles. The average molecular weight is 302 g/mol. The first-order chi connectivity index (χ1) is 7.95. The van der Waals surface area contributed by atoms with Crippen LogP contribution in [-0.2, 0) is 0 Å². The van der Waals surface area contributed by atoms with E-state index in [1.54, 1.807) is 6.07 Å². The highest BCUT2D eigenvalue weighted by atomic mass is 79.9. The first kappa shape index (κ1) is 13.9. The molecule has 1 atom stereocenters. The second-order valence-corrected chi connectivity index (χ2v) is 5.01. The molecule has 3 N–H and O–H groups in total. The Balaban J connectivity index is 2.89. The smallest absolute Gasteiger partial charge is 0.270 e. The third kappa shape index (κ3) is 3.67. The molecule has 1 aromatic carbocycles. The van der Waals surface area contributed by atoms with Gasteiger partial charge in [-0.25, -0.2) is 0 Å². The molecule has 1 rings (SSSR count). The molecule has 0 spiro atoms. The molecule has 5 nitrogen and oxygen atoms in total. The lowest BCUT2D eigenvalue weighted by molar-refractivity contribution is -0.384. The van der Waals surface area contributed by atoms with Gasteiger partial charge in [-0.1, -0.05) is 13.8 Å². The third-order valence-corrected chi connectivity index (χ3v) is 3.22. The van der Waals surface area contributed by atoms with Crippen LogP contribution in [0.25, 0.3) is 0 Å². The Morgan fingerprint density at radius 3 is 2.59 bits per heavy atom. The van der Waals surface area contributed by atoms with Crippen LogP contribution in [0.2, 0.25) is 0 Å². The highest BCUT2D eigenvalue weighted by molar-refractivity contribution is 9.10. The molecule has 0 aliphatic rings. The van der Waals surface area contributed by atoms with Crippen LogP contribution in [0.1, 0.15) is 13.8 Å². The van der Waals surface area contributed by atoms with E-state index in [1.807, 2.05) is 0 Å². The summed E-state index contributed by atoms with van der Waals surface area (Å²) in [6.07, 6.45) is 0. The highest BCUT2D eigenvalue weighted by Gasteiger charge is 2.14. The van der Waals surface area contributed by atoms with Crippen molar-refractivity contribution < 1.29 is 4.92 Å². The number of nitro groups is 1. The van der Waals surface area contributed by atoms with Crippen LogP contribution in [0.15, 0.2) is 22.7 Å². The molecule has 0 aliphatic carbocycles. The summed E-state index contributed by atoms with van der Waals surface area (Å²) in [4.78, 5) is 10.2. The van der Waals surface area contributed by atoms with Crippen LogP contribution in [0.3, 0.4) is 0 Å². The molecule has 1 unspecified atom stereocenters. The number of rotatable bonds is 5. The average Bonchev–Trinajstić information content (AvgIpc) is 2.26. The molecule has 0 amide bonds. The molecule has 0 fully saturated rings. The van der Waals surface area contributed by atoms with Crippen molar-refractivity contribution in [2.75, 3.05) is 11.9 Å². The van der Waals surface area contributed by atoms with Crippen molar-refractivity contribution in [1.82, 2.24) is 0 Å². The Morgan fingerprint density at radius 2 is 2.18 bits per heavy atom. The summed E-state index contributed by atoms with van der Waals surface area (Å²) in [5.74, 6) is 0.391. The zero-order valence-electron chi connectivity index (χ0n) is 9.81. The van der Waals surface area contributed by atoms with Crippen molar-refractivity contribution in [3.8, 4) is 0 Å². The maximum atomic E-state index is 10.6. The minimum absolute atomic E-state index is 0.0660. The first-order valence-corrected chi connectivity index (χ1v) is 6.15. The normalized spacial score (nSPS) is 12.5.